The fourth-order valence-corrected chi connectivity index (χ4v) is 4.21. The number of hydrogen-bond donors (Lipinski definition) is 2. The van der Waals surface area contributed by atoms with Gasteiger partial charge in [0, 0.05) is 65.6 Å². The number of rotatable bonds is 0. The summed E-state index contributed by atoms with van der Waals surface area (Å²) in [5.74, 6) is 0.320. The first-order valence-corrected chi connectivity index (χ1v) is 10.9. The van der Waals surface area contributed by atoms with Crippen molar-refractivity contribution in [2.75, 3.05) is 0 Å². The second kappa shape index (κ2) is 8.91. The van der Waals surface area contributed by atoms with E-state index in [9.17, 15) is 10.2 Å². The SMILES string of the molecule is CC1=Nc2ccccc2N=C(C)C(C)(C)c2cccc(c2O)-c2cccc(c2O)C1(C)C.[Pt]. The monoisotopic (exact) mass is 621 g/mol. The quantitative estimate of drug-likeness (QED) is 0.279. The van der Waals surface area contributed by atoms with Crippen LogP contribution in [0.15, 0.2) is 70.6 Å². The number of para-hydroxylation sites is 4. The molecule has 174 valence electrons. The van der Waals surface area contributed by atoms with Crippen LogP contribution < -0.4 is 0 Å². The minimum atomic E-state index is -0.539. The number of aliphatic imine (C=N–C) groups is 2. The molecule has 0 aromatic heterocycles. The molecule has 4 nitrogen and oxygen atoms in total. The molecule has 0 spiro atoms. The Bertz CT molecular complexity index is 1170. The van der Waals surface area contributed by atoms with Crippen LogP contribution in [0.4, 0.5) is 11.4 Å². The average molecular weight is 622 g/mol. The molecule has 33 heavy (non-hydrogen) atoms. The molecular formula is C28H30N2O2Pt. The van der Waals surface area contributed by atoms with Crippen molar-refractivity contribution in [1.29, 1.82) is 0 Å². The molecule has 0 saturated heterocycles. The second-order valence-corrected chi connectivity index (χ2v) is 9.54. The summed E-state index contributed by atoms with van der Waals surface area (Å²) in [6.07, 6.45) is 0. The molecule has 2 N–H and O–H groups in total. The predicted octanol–water partition coefficient (Wildman–Crippen LogP) is 7.22. The summed E-state index contributed by atoms with van der Waals surface area (Å²) in [5, 5.41) is 22.7. The van der Waals surface area contributed by atoms with Crippen molar-refractivity contribution in [3.63, 3.8) is 0 Å². The predicted molar refractivity (Wildman–Crippen MR) is 133 cm³/mol. The number of hydrogen-bond acceptors (Lipinski definition) is 4. The zero-order chi connectivity index (χ0) is 23.3. The third-order valence-corrected chi connectivity index (χ3v) is 6.98. The third-order valence-electron chi connectivity index (χ3n) is 6.98. The first kappa shape index (κ1) is 24.9. The molecule has 0 radical (unpaired) electrons. The minimum Gasteiger partial charge on any atom is -0.507 e. The number of fused-ring (bicyclic) bond motifs is 6. The Kier molecular flexibility index (Phi) is 6.73. The molecule has 0 amide bonds. The topological polar surface area (TPSA) is 65.2 Å². The summed E-state index contributed by atoms with van der Waals surface area (Å²) >= 11 is 0. The van der Waals surface area contributed by atoms with Gasteiger partial charge in [-0.15, -0.1) is 0 Å². The number of aromatic hydroxyl groups is 2. The van der Waals surface area contributed by atoms with Crippen LogP contribution >= 0.6 is 0 Å². The van der Waals surface area contributed by atoms with Gasteiger partial charge >= 0.3 is 0 Å². The van der Waals surface area contributed by atoms with E-state index in [-0.39, 0.29) is 32.6 Å². The van der Waals surface area contributed by atoms with Crippen LogP contribution in [0.5, 0.6) is 11.5 Å². The first-order valence-electron chi connectivity index (χ1n) is 10.9. The minimum absolute atomic E-state index is 0. The molecule has 0 unspecified atom stereocenters. The summed E-state index contributed by atoms with van der Waals surface area (Å²) in [6, 6.07) is 19.2. The van der Waals surface area contributed by atoms with E-state index in [0.29, 0.717) is 11.1 Å². The van der Waals surface area contributed by atoms with E-state index in [4.69, 9.17) is 9.98 Å². The van der Waals surface area contributed by atoms with Gasteiger partial charge < -0.3 is 10.2 Å². The van der Waals surface area contributed by atoms with Crippen molar-refractivity contribution in [2.24, 2.45) is 9.98 Å². The van der Waals surface area contributed by atoms with Gasteiger partial charge in [-0.1, -0.05) is 76.2 Å². The number of phenols is 2. The van der Waals surface area contributed by atoms with Crippen molar-refractivity contribution < 1.29 is 31.3 Å². The van der Waals surface area contributed by atoms with Gasteiger partial charge in [0.2, 0.25) is 0 Å². The molecule has 4 rings (SSSR count). The molecule has 3 aromatic rings. The van der Waals surface area contributed by atoms with Gasteiger partial charge in [-0.3, -0.25) is 9.98 Å². The van der Waals surface area contributed by atoms with E-state index in [2.05, 4.69) is 0 Å². The molecule has 1 heterocycles. The first-order chi connectivity index (χ1) is 15.0. The van der Waals surface area contributed by atoms with Crippen molar-refractivity contribution in [1.82, 2.24) is 0 Å². The molecule has 0 saturated carbocycles. The molecule has 3 aromatic carbocycles. The molecule has 0 aliphatic carbocycles. The molecule has 1 aliphatic heterocycles. The van der Waals surface area contributed by atoms with E-state index in [0.717, 1.165) is 33.9 Å². The van der Waals surface area contributed by atoms with Gasteiger partial charge in [-0.05, 0) is 26.0 Å². The fraction of sp³-hybridized carbons (Fsp3) is 0.286. The van der Waals surface area contributed by atoms with Crippen LogP contribution in [0.3, 0.4) is 0 Å². The van der Waals surface area contributed by atoms with Crippen LogP contribution in [0.1, 0.15) is 52.7 Å². The van der Waals surface area contributed by atoms with Gasteiger partial charge in [0.25, 0.3) is 0 Å². The van der Waals surface area contributed by atoms with Gasteiger partial charge in [0.05, 0.1) is 11.4 Å². The van der Waals surface area contributed by atoms with Crippen LogP contribution in [-0.4, -0.2) is 21.6 Å². The van der Waals surface area contributed by atoms with Crippen LogP contribution in [-0.2, 0) is 31.9 Å². The Morgan fingerprint density at radius 2 is 0.939 bits per heavy atom. The standard InChI is InChI=1S/C28H30N2O2.Pt/c1-17-27(3,4)21-13-9-11-19(25(21)31)20-12-10-14-22(26(20)32)28(5,6)18(2)30-24-16-8-7-15-23(24)29-17;/h7-16,31-32H,1-6H3;. The maximum absolute atomic E-state index is 11.3. The Labute approximate surface area is 210 Å². The Morgan fingerprint density at radius 3 is 1.30 bits per heavy atom. The van der Waals surface area contributed by atoms with Gasteiger partial charge in [-0.2, -0.15) is 0 Å². The summed E-state index contributed by atoms with van der Waals surface area (Å²) in [5.41, 5.74) is 4.92. The summed E-state index contributed by atoms with van der Waals surface area (Å²) in [4.78, 5) is 9.90. The van der Waals surface area contributed by atoms with E-state index >= 15 is 0 Å². The number of nitrogens with zero attached hydrogens (tertiary/aromatic N) is 2. The summed E-state index contributed by atoms with van der Waals surface area (Å²) in [6.45, 7) is 12.2. The second-order valence-electron chi connectivity index (χ2n) is 9.54. The molecule has 0 atom stereocenters. The fourth-order valence-electron chi connectivity index (χ4n) is 4.21. The molecule has 4 bridgehead atoms. The smallest absolute Gasteiger partial charge is 0.127 e. The summed E-state index contributed by atoms with van der Waals surface area (Å²) < 4.78 is 0. The van der Waals surface area contributed by atoms with Gasteiger partial charge in [0.15, 0.2) is 0 Å². The van der Waals surface area contributed by atoms with Crippen molar-refractivity contribution in [2.45, 2.75) is 52.4 Å². The van der Waals surface area contributed by atoms with Gasteiger partial charge in [-0.25, -0.2) is 0 Å². The van der Waals surface area contributed by atoms with Gasteiger partial charge in [0.1, 0.15) is 11.5 Å². The van der Waals surface area contributed by atoms with E-state index in [1.54, 1.807) is 0 Å². The summed E-state index contributed by atoms with van der Waals surface area (Å²) in [7, 11) is 0. The zero-order valence-electron chi connectivity index (χ0n) is 19.9. The maximum atomic E-state index is 11.3. The van der Waals surface area contributed by atoms with Crippen LogP contribution in [0.2, 0.25) is 0 Å². The number of benzene rings is 3. The Balaban J connectivity index is 0.00000306. The molecule has 1 aliphatic rings. The van der Waals surface area contributed by atoms with Crippen molar-refractivity contribution in [3.8, 4) is 22.6 Å². The maximum Gasteiger partial charge on any atom is 0.127 e. The Hall–Kier alpha value is -2.71. The van der Waals surface area contributed by atoms with Crippen molar-refractivity contribution in [3.05, 3.63) is 71.8 Å². The normalized spacial score (nSPS) is 16.4. The van der Waals surface area contributed by atoms with E-state index < -0.39 is 10.8 Å². The molecule has 0 fully saturated rings. The molecular weight excluding hydrogens is 591 g/mol. The largest absolute Gasteiger partial charge is 0.507 e. The molecule has 5 heteroatoms. The van der Waals surface area contributed by atoms with E-state index in [1.165, 1.54) is 0 Å². The average Bonchev–Trinajstić information content (AvgIpc) is 2.74. The van der Waals surface area contributed by atoms with E-state index in [1.807, 2.05) is 102 Å². The van der Waals surface area contributed by atoms with Crippen LogP contribution in [0.25, 0.3) is 11.1 Å². The van der Waals surface area contributed by atoms with Crippen molar-refractivity contribution >= 4 is 22.8 Å². The third kappa shape index (κ3) is 4.17. The van der Waals surface area contributed by atoms with Crippen LogP contribution in [0, 0.1) is 0 Å². The number of phenolic OH excluding ortho intramolecular Hbond substituents is 2. The Morgan fingerprint density at radius 1 is 0.576 bits per heavy atom. The zero-order valence-corrected chi connectivity index (χ0v) is 22.2.